The summed E-state index contributed by atoms with van der Waals surface area (Å²) < 4.78 is 61.3. The number of hydrogen-bond acceptors (Lipinski definition) is 18. The molecule has 2 rings (SSSR count). The van der Waals surface area contributed by atoms with Crippen molar-refractivity contribution in [3.8, 4) is 0 Å². The van der Waals surface area contributed by atoms with Gasteiger partial charge in [0.1, 0.15) is 31.5 Å². The molecule has 0 aliphatic carbocycles. The van der Waals surface area contributed by atoms with Crippen LogP contribution >= 0.6 is 0 Å². The van der Waals surface area contributed by atoms with Crippen LogP contribution in [0.3, 0.4) is 0 Å². The predicted molar refractivity (Wildman–Crippen MR) is 149 cm³/mol. The predicted octanol–water partition coefficient (Wildman–Crippen LogP) is 0.156. The number of ether oxygens (including phenoxy) is 11. The second-order valence-electron chi connectivity index (χ2n) is 10.5. The van der Waals surface area contributed by atoms with E-state index in [-0.39, 0.29) is 5.76 Å². The van der Waals surface area contributed by atoms with Crippen molar-refractivity contribution >= 4 is 41.8 Å². The maximum Gasteiger partial charge on any atom is 0.305 e. The van der Waals surface area contributed by atoms with Gasteiger partial charge in [0, 0.05) is 48.5 Å². The van der Waals surface area contributed by atoms with Crippen LogP contribution < -0.4 is 0 Å². The maximum atomic E-state index is 12.3. The minimum absolute atomic E-state index is 0.0610. The summed E-state index contributed by atoms with van der Waals surface area (Å²) in [6.45, 7) is 11.6. The van der Waals surface area contributed by atoms with E-state index in [2.05, 4.69) is 6.58 Å². The summed E-state index contributed by atoms with van der Waals surface area (Å²) in [4.78, 5) is 84.4. The minimum Gasteiger partial charge on any atom is -0.486 e. The van der Waals surface area contributed by atoms with Crippen LogP contribution in [0.2, 0.25) is 0 Å². The zero-order valence-electron chi connectivity index (χ0n) is 27.2. The number of esters is 7. The molecule has 0 aromatic carbocycles. The lowest BCUT2D eigenvalue weighted by Crippen LogP contribution is -2.67. The monoisotopic (exact) mass is 676 g/mol. The van der Waals surface area contributed by atoms with E-state index in [0.717, 1.165) is 48.5 Å². The molecule has 0 radical (unpaired) electrons. The summed E-state index contributed by atoms with van der Waals surface area (Å²) in [7, 11) is 0. The highest BCUT2D eigenvalue weighted by atomic mass is 16.8. The fourth-order valence-electron chi connectivity index (χ4n) is 4.77. The fourth-order valence-corrected chi connectivity index (χ4v) is 4.77. The smallest absolute Gasteiger partial charge is 0.305 e. The van der Waals surface area contributed by atoms with Gasteiger partial charge in [-0.25, -0.2) is 0 Å². The van der Waals surface area contributed by atoms with Gasteiger partial charge in [0.25, 0.3) is 0 Å². The second-order valence-corrected chi connectivity index (χ2v) is 10.5. The van der Waals surface area contributed by atoms with Gasteiger partial charge in [-0.2, -0.15) is 0 Å². The van der Waals surface area contributed by atoms with E-state index in [0.29, 0.717) is 0 Å². The summed E-state index contributed by atoms with van der Waals surface area (Å²) in [6.07, 6.45) is -15.4. The average Bonchev–Trinajstić information content (AvgIpc) is 2.91. The van der Waals surface area contributed by atoms with Gasteiger partial charge in [-0.05, 0) is 6.92 Å². The van der Waals surface area contributed by atoms with Crippen LogP contribution in [-0.4, -0.2) is 116 Å². The highest BCUT2D eigenvalue weighted by Crippen LogP contribution is 2.36. The lowest BCUT2D eigenvalue weighted by Gasteiger charge is -2.48. The number of allylic oxidation sites excluding steroid dienone is 1. The lowest BCUT2D eigenvalue weighted by molar-refractivity contribution is -0.359. The molecule has 2 aliphatic rings. The number of rotatable bonds is 13. The Morgan fingerprint density at radius 1 is 0.447 bits per heavy atom. The van der Waals surface area contributed by atoms with Crippen LogP contribution in [0.1, 0.15) is 55.4 Å². The lowest BCUT2D eigenvalue weighted by atomic mass is 9.96. The molecular formula is C29H40O18. The van der Waals surface area contributed by atoms with E-state index in [1.807, 2.05) is 0 Å². The molecule has 0 bridgehead atoms. The Balaban J connectivity index is 2.75. The van der Waals surface area contributed by atoms with Crippen LogP contribution in [0.5, 0.6) is 0 Å². The summed E-state index contributed by atoms with van der Waals surface area (Å²) >= 11 is 0. The van der Waals surface area contributed by atoms with E-state index in [1.54, 1.807) is 0 Å². The minimum atomic E-state index is -1.78. The Hall–Kier alpha value is -4.29. The van der Waals surface area contributed by atoms with Gasteiger partial charge in [-0.1, -0.05) is 6.58 Å². The quantitative estimate of drug-likeness (QED) is 0.144. The molecule has 2 heterocycles. The average molecular weight is 677 g/mol. The number of carbonyl (C=O) groups excluding carboxylic acids is 7. The Labute approximate surface area is 270 Å². The molecule has 0 spiro atoms. The zero-order chi connectivity index (χ0) is 35.6. The first-order valence-corrected chi connectivity index (χ1v) is 14.3. The number of hydrogen-bond donors (Lipinski definition) is 0. The number of carbonyl (C=O) groups is 7. The van der Waals surface area contributed by atoms with Crippen molar-refractivity contribution in [1.82, 2.24) is 0 Å². The molecule has 1 unspecified atom stereocenters. The van der Waals surface area contributed by atoms with Crippen LogP contribution in [0.15, 0.2) is 12.3 Å². The van der Waals surface area contributed by atoms with Crippen LogP contribution in [0, 0.1) is 0 Å². The molecule has 0 amide bonds. The van der Waals surface area contributed by atoms with Crippen LogP contribution in [0.4, 0.5) is 0 Å². The molecule has 0 N–H and O–H groups in total. The molecule has 0 aromatic rings. The van der Waals surface area contributed by atoms with E-state index >= 15 is 0 Å². The van der Waals surface area contributed by atoms with E-state index in [9.17, 15) is 33.6 Å². The van der Waals surface area contributed by atoms with Gasteiger partial charge in [-0.15, -0.1) is 0 Å². The highest BCUT2D eigenvalue weighted by Gasteiger charge is 2.58. The van der Waals surface area contributed by atoms with Gasteiger partial charge in [0.15, 0.2) is 36.8 Å². The van der Waals surface area contributed by atoms with Crippen LogP contribution in [0.25, 0.3) is 0 Å². The maximum absolute atomic E-state index is 12.3. The van der Waals surface area contributed by atoms with Crippen molar-refractivity contribution in [3.63, 3.8) is 0 Å². The third-order valence-corrected chi connectivity index (χ3v) is 6.20. The van der Waals surface area contributed by atoms with Gasteiger partial charge in [0.05, 0.1) is 5.76 Å². The highest BCUT2D eigenvalue weighted by molar-refractivity contribution is 5.69. The molecule has 10 atom stereocenters. The van der Waals surface area contributed by atoms with Gasteiger partial charge in [-0.3, -0.25) is 33.6 Å². The molecule has 18 heteroatoms. The molecule has 2 fully saturated rings. The van der Waals surface area contributed by atoms with Crippen LogP contribution in [-0.2, 0) is 85.7 Å². The topological polar surface area (TPSA) is 221 Å². The zero-order valence-corrected chi connectivity index (χ0v) is 27.2. The molecule has 2 saturated heterocycles. The molecule has 18 nitrogen and oxygen atoms in total. The third-order valence-electron chi connectivity index (χ3n) is 6.20. The first kappa shape index (κ1) is 38.9. The van der Waals surface area contributed by atoms with Crippen molar-refractivity contribution in [2.24, 2.45) is 0 Å². The van der Waals surface area contributed by atoms with Crippen molar-refractivity contribution in [1.29, 1.82) is 0 Å². The van der Waals surface area contributed by atoms with Gasteiger partial charge >= 0.3 is 41.8 Å². The van der Waals surface area contributed by atoms with E-state index < -0.39 is 116 Å². The molecular weight excluding hydrogens is 636 g/mol. The van der Waals surface area contributed by atoms with Crippen molar-refractivity contribution in [2.45, 2.75) is 117 Å². The Kier molecular flexibility index (Phi) is 14.5. The first-order chi connectivity index (χ1) is 21.9. The van der Waals surface area contributed by atoms with Crippen molar-refractivity contribution in [2.75, 3.05) is 13.2 Å². The third kappa shape index (κ3) is 12.1. The summed E-state index contributed by atoms with van der Waals surface area (Å²) in [5, 5.41) is 0. The standard InChI is InChI=1S/C29H40O18/c1-12(2)39-26-25(23(41-16(6)33)21(11-38-14(4)31)45-28(26)44-19(9)36)47-29-27(43-18(8)35)24(42-17(7)34)22(40-15(5)32)20(46-29)10-37-13(3)30/h20-29H,1,10-11H2,2-9H3/t20-,21-,22+,23+,24+,25+,26-,27-,28?,29-/m1/s1. The van der Waals surface area contributed by atoms with E-state index in [4.69, 9.17) is 52.1 Å². The Morgan fingerprint density at radius 3 is 1.21 bits per heavy atom. The molecule has 47 heavy (non-hydrogen) atoms. The van der Waals surface area contributed by atoms with Gasteiger partial charge in [0.2, 0.25) is 6.29 Å². The summed E-state index contributed by atoms with van der Waals surface area (Å²) in [5.41, 5.74) is 0. The molecule has 0 aromatic heterocycles. The molecule has 264 valence electrons. The van der Waals surface area contributed by atoms with Crippen molar-refractivity contribution in [3.05, 3.63) is 12.3 Å². The second kappa shape index (κ2) is 17.6. The Morgan fingerprint density at radius 2 is 0.809 bits per heavy atom. The van der Waals surface area contributed by atoms with Crippen molar-refractivity contribution < 1.29 is 85.7 Å². The largest absolute Gasteiger partial charge is 0.486 e. The first-order valence-electron chi connectivity index (χ1n) is 14.3. The Bertz CT molecular complexity index is 1200. The molecule has 0 saturated carbocycles. The van der Waals surface area contributed by atoms with Gasteiger partial charge < -0.3 is 52.1 Å². The SMILES string of the molecule is C=C(C)O[C@H]1C(OC(C)=O)O[C@H](COC(C)=O)[C@H](OC(C)=O)[C@@H]1O[C@H]1O[C@H](COC(C)=O)[C@H](OC(C)=O)[C@H](OC(C)=O)[C@H]1OC(C)=O. The fraction of sp³-hybridized carbons (Fsp3) is 0.690. The van der Waals surface area contributed by atoms with E-state index in [1.165, 1.54) is 6.92 Å². The normalized spacial score (nSPS) is 30.0. The summed E-state index contributed by atoms with van der Waals surface area (Å²) in [6, 6.07) is 0. The molecule has 2 aliphatic heterocycles. The summed E-state index contributed by atoms with van der Waals surface area (Å²) in [5.74, 6) is -5.73.